The van der Waals surface area contributed by atoms with Crippen LogP contribution in [0.1, 0.15) is 0 Å². The Morgan fingerprint density at radius 1 is 0.920 bits per heavy atom. The van der Waals surface area contributed by atoms with E-state index in [4.69, 9.17) is 0 Å². The van der Waals surface area contributed by atoms with Gasteiger partial charge in [0.15, 0.2) is 5.43 Å². The summed E-state index contributed by atoms with van der Waals surface area (Å²) in [5.74, 6) is -1.06. The number of halogens is 2. The third-order valence-corrected chi connectivity index (χ3v) is 3.93. The molecule has 0 aliphatic heterocycles. The molecule has 0 amide bonds. The minimum absolute atomic E-state index is 0.200. The van der Waals surface area contributed by atoms with Crippen LogP contribution in [-0.4, -0.2) is 15.0 Å². The van der Waals surface area contributed by atoms with Gasteiger partial charge in [-0.2, -0.15) is 0 Å². The van der Waals surface area contributed by atoms with Crippen molar-refractivity contribution >= 4 is 11.0 Å². The molecule has 1 N–H and O–H groups in total. The molecule has 0 aliphatic rings. The standard InChI is InChI=1S/C19H11F2N3O/c20-15-4-2-1-3-12(15)18-13(11-5-7-22-10-16(11)21)9-14-17(25)6-8-23-19(14)24-18/h1-10H,(H,23,24,25). The van der Waals surface area contributed by atoms with Gasteiger partial charge in [0.1, 0.15) is 17.3 Å². The fourth-order valence-corrected chi connectivity index (χ4v) is 2.75. The van der Waals surface area contributed by atoms with Gasteiger partial charge in [0.25, 0.3) is 0 Å². The van der Waals surface area contributed by atoms with Crippen molar-refractivity contribution < 1.29 is 8.78 Å². The number of hydrogen-bond acceptors (Lipinski definition) is 3. The zero-order valence-corrected chi connectivity index (χ0v) is 12.8. The van der Waals surface area contributed by atoms with Gasteiger partial charge in [-0.05, 0) is 24.3 Å². The summed E-state index contributed by atoms with van der Waals surface area (Å²) in [5, 5.41) is 0.300. The molecule has 0 saturated carbocycles. The highest BCUT2D eigenvalue weighted by Gasteiger charge is 2.17. The number of fused-ring (bicyclic) bond motifs is 1. The van der Waals surface area contributed by atoms with Gasteiger partial charge in [0, 0.05) is 35.2 Å². The van der Waals surface area contributed by atoms with Crippen molar-refractivity contribution in [1.29, 1.82) is 0 Å². The Morgan fingerprint density at radius 3 is 2.56 bits per heavy atom. The van der Waals surface area contributed by atoms with E-state index in [0.29, 0.717) is 16.6 Å². The fourth-order valence-electron chi connectivity index (χ4n) is 2.75. The summed E-state index contributed by atoms with van der Waals surface area (Å²) in [6, 6.07) is 10.5. The lowest BCUT2D eigenvalue weighted by Gasteiger charge is -2.12. The van der Waals surface area contributed by atoms with Crippen LogP contribution in [0, 0.1) is 11.6 Å². The van der Waals surface area contributed by atoms with Crippen LogP contribution >= 0.6 is 0 Å². The number of aromatic amines is 1. The third kappa shape index (κ3) is 2.57. The molecular formula is C19H11F2N3O. The Bertz CT molecular complexity index is 1150. The van der Waals surface area contributed by atoms with Crippen molar-refractivity contribution in [2.75, 3.05) is 0 Å². The molecule has 3 heterocycles. The number of nitrogens with zero attached hydrogens (tertiary/aromatic N) is 2. The predicted octanol–water partition coefficient (Wildman–Crippen LogP) is 3.93. The first-order chi connectivity index (χ1) is 12.1. The molecule has 0 saturated heterocycles. The van der Waals surface area contributed by atoms with Crippen LogP contribution < -0.4 is 5.43 Å². The minimum Gasteiger partial charge on any atom is -0.346 e. The van der Waals surface area contributed by atoms with Crippen molar-refractivity contribution in [3.05, 3.63) is 82.9 Å². The van der Waals surface area contributed by atoms with E-state index in [1.807, 2.05) is 0 Å². The molecule has 3 aromatic heterocycles. The van der Waals surface area contributed by atoms with Crippen molar-refractivity contribution in [1.82, 2.24) is 15.0 Å². The fraction of sp³-hybridized carbons (Fsp3) is 0. The van der Waals surface area contributed by atoms with E-state index in [-0.39, 0.29) is 22.2 Å². The summed E-state index contributed by atoms with van der Waals surface area (Å²) in [7, 11) is 0. The summed E-state index contributed by atoms with van der Waals surface area (Å²) >= 11 is 0. The maximum Gasteiger partial charge on any atom is 0.191 e. The molecule has 25 heavy (non-hydrogen) atoms. The van der Waals surface area contributed by atoms with E-state index >= 15 is 0 Å². The average molecular weight is 335 g/mol. The maximum atomic E-state index is 14.3. The summed E-state index contributed by atoms with van der Waals surface area (Å²) in [5.41, 5.74) is 1.05. The quantitative estimate of drug-likeness (QED) is 0.604. The van der Waals surface area contributed by atoms with Crippen LogP contribution in [0.3, 0.4) is 0 Å². The molecule has 4 rings (SSSR count). The van der Waals surface area contributed by atoms with Gasteiger partial charge < -0.3 is 4.98 Å². The molecule has 0 spiro atoms. The van der Waals surface area contributed by atoms with E-state index in [1.165, 1.54) is 36.7 Å². The third-order valence-electron chi connectivity index (χ3n) is 3.93. The molecule has 0 unspecified atom stereocenters. The van der Waals surface area contributed by atoms with Crippen LogP contribution in [0.4, 0.5) is 8.78 Å². The highest BCUT2D eigenvalue weighted by atomic mass is 19.1. The number of H-pyrrole nitrogens is 1. The highest BCUT2D eigenvalue weighted by Crippen LogP contribution is 2.34. The van der Waals surface area contributed by atoms with Crippen molar-refractivity contribution in [2.45, 2.75) is 0 Å². The number of rotatable bonds is 2. The molecule has 0 radical (unpaired) electrons. The summed E-state index contributed by atoms with van der Waals surface area (Å²) in [6.45, 7) is 0. The first-order valence-electron chi connectivity index (χ1n) is 7.52. The molecule has 0 fully saturated rings. The maximum absolute atomic E-state index is 14.3. The van der Waals surface area contributed by atoms with E-state index < -0.39 is 11.6 Å². The summed E-state index contributed by atoms with van der Waals surface area (Å²) in [4.78, 5) is 23.1. The number of benzene rings is 1. The molecule has 4 aromatic rings. The first kappa shape index (κ1) is 15.1. The molecule has 1 aromatic carbocycles. The predicted molar refractivity (Wildman–Crippen MR) is 90.9 cm³/mol. The average Bonchev–Trinajstić information content (AvgIpc) is 2.62. The monoisotopic (exact) mass is 335 g/mol. The van der Waals surface area contributed by atoms with E-state index in [9.17, 15) is 13.6 Å². The second-order valence-electron chi connectivity index (χ2n) is 5.46. The van der Waals surface area contributed by atoms with Gasteiger partial charge in [0.2, 0.25) is 0 Å². The molecule has 122 valence electrons. The summed E-state index contributed by atoms with van der Waals surface area (Å²) < 4.78 is 28.6. The van der Waals surface area contributed by atoms with Gasteiger partial charge in [-0.3, -0.25) is 9.78 Å². The van der Waals surface area contributed by atoms with Gasteiger partial charge in [0.05, 0.1) is 17.3 Å². The second kappa shape index (κ2) is 5.90. The molecule has 6 heteroatoms. The van der Waals surface area contributed by atoms with E-state index in [2.05, 4.69) is 15.0 Å². The Hall–Kier alpha value is -3.41. The van der Waals surface area contributed by atoms with Gasteiger partial charge in [-0.15, -0.1) is 0 Å². The zero-order chi connectivity index (χ0) is 17.4. The molecule has 0 atom stereocenters. The SMILES string of the molecule is O=c1cc[nH]c2nc(-c3ccccc3F)c(-c3ccncc3F)cc12. The number of aromatic nitrogens is 3. The summed E-state index contributed by atoms with van der Waals surface area (Å²) in [6.07, 6.45) is 3.97. The van der Waals surface area contributed by atoms with Gasteiger partial charge >= 0.3 is 0 Å². The Kier molecular flexibility index (Phi) is 3.57. The second-order valence-corrected chi connectivity index (χ2v) is 5.46. The Labute approximate surface area is 140 Å². The topological polar surface area (TPSA) is 58.6 Å². The van der Waals surface area contributed by atoms with Crippen LogP contribution in [0.5, 0.6) is 0 Å². The van der Waals surface area contributed by atoms with Crippen molar-refractivity contribution in [3.8, 4) is 22.4 Å². The van der Waals surface area contributed by atoms with Crippen molar-refractivity contribution in [2.24, 2.45) is 0 Å². The van der Waals surface area contributed by atoms with E-state index in [0.717, 1.165) is 6.20 Å². The molecule has 0 aliphatic carbocycles. The molecule has 4 nitrogen and oxygen atoms in total. The molecule has 0 bridgehead atoms. The lowest BCUT2D eigenvalue weighted by atomic mass is 9.98. The lowest BCUT2D eigenvalue weighted by Crippen LogP contribution is -2.04. The number of pyridine rings is 3. The Balaban J connectivity index is 2.14. The van der Waals surface area contributed by atoms with Gasteiger partial charge in [-0.25, -0.2) is 13.8 Å². The van der Waals surface area contributed by atoms with Gasteiger partial charge in [-0.1, -0.05) is 12.1 Å². The minimum atomic E-state index is -0.575. The molecular weight excluding hydrogens is 324 g/mol. The lowest BCUT2D eigenvalue weighted by molar-refractivity contribution is 0.624. The zero-order valence-electron chi connectivity index (χ0n) is 12.8. The first-order valence-corrected chi connectivity index (χ1v) is 7.52. The number of nitrogens with one attached hydrogen (secondary N) is 1. The number of hydrogen-bond donors (Lipinski definition) is 1. The van der Waals surface area contributed by atoms with E-state index in [1.54, 1.807) is 18.2 Å². The van der Waals surface area contributed by atoms with Crippen molar-refractivity contribution in [3.63, 3.8) is 0 Å². The largest absolute Gasteiger partial charge is 0.346 e. The van der Waals surface area contributed by atoms with Crippen LogP contribution in [0.2, 0.25) is 0 Å². The smallest absolute Gasteiger partial charge is 0.191 e. The van der Waals surface area contributed by atoms with Crippen LogP contribution in [0.25, 0.3) is 33.4 Å². The normalized spacial score (nSPS) is 11.0. The highest BCUT2D eigenvalue weighted by molar-refractivity contribution is 5.90. The van der Waals surface area contributed by atoms with Crippen LogP contribution in [0.15, 0.2) is 65.8 Å². The Morgan fingerprint density at radius 2 is 1.76 bits per heavy atom. The van der Waals surface area contributed by atoms with Crippen LogP contribution in [-0.2, 0) is 0 Å².